The molecule has 5 nitrogen and oxygen atoms in total. The lowest BCUT2D eigenvalue weighted by Gasteiger charge is -2.21. The Labute approximate surface area is 144 Å². The fourth-order valence-corrected chi connectivity index (χ4v) is 3.67. The van der Waals surface area contributed by atoms with Gasteiger partial charge >= 0.3 is 5.97 Å². The molecular weight excluding hydrogens is 308 g/mol. The number of aliphatic carboxylic acids is 1. The van der Waals surface area contributed by atoms with Crippen molar-refractivity contribution < 1.29 is 24.6 Å². The summed E-state index contributed by atoms with van der Waals surface area (Å²) >= 11 is 0. The van der Waals surface area contributed by atoms with Crippen LogP contribution in [0.1, 0.15) is 78.1 Å². The number of aliphatic hydroxyl groups excluding tert-OH is 1. The average molecular weight is 340 g/mol. The van der Waals surface area contributed by atoms with Crippen LogP contribution in [0.2, 0.25) is 0 Å². The quantitative estimate of drug-likeness (QED) is 0.531. The van der Waals surface area contributed by atoms with Gasteiger partial charge in [-0.25, -0.2) is 0 Å². The maximum Gasteiger partial charge on any atom is 0.303 e. The van der Waals surface area contributed by atoms with E-state index in [-0.39, 0.29) is 42.2 Å². The van der Waals surface area contributed by atoms with E-state index < -0.39 is 12.1 Å². The van der Waals surface area contributed by atoms with Gasteiger partial charge in [-0.2, -0.15) is 0 Å². The molecular formula is C19H32O5. The zero-order valence-corrected chi connectivity index (χ0v) is 15.0. The summed E-state index contributed by atoms with van der Waals surface area (Å²) in [6.07, 6.45) is 5.53. The second-order valence-corrected chi connectivity index (χ2v) is 7.32. The Morgan fingerprint density at radius 3 is 2.54 bits per heavy atom. The number of aliphatic hydroxyl groups is 1. The van der Waals surface area contributed by atoms with Crippen LogP contribution in [0.4, 0.5) is 0 Å². The molecule has 0 saturated heterocycles. The number of hydrogen-bond acceptors (Lipinski definition) is 4. The molecule has 0 aliphatic heterocycles. The number of Topliss-reactive ketones (excluding diaryl/α,β-unsaturated/α-hetero) is 2. The summed E-state index contributed by atoms with van der Waals surface area (Å²) in [5.74, 6) is -0.898. The van der Waals surface area contributed by atoms with Gasteiger partial charge in [0.1, 0.15) is 11.6 Å². The Bertz CT molecular complexity index is 431. The van der Waals surface area contributed by atoms with Crippen molar-refractivity contribution in [3.8, 4) is 0 Å². The van der Waals surface area contributed by atoms with Gasteiger partial charge in [0, 0.05) is 31.6 Å². The van der Waals surface area contributed by atoms with Gasteiger partial charge in [0.05, 0.1) is 6.10 Å². The smallest absolute Gasteiger partial charge is 0.303 e. The summed E-state index contributed by atoms with van der Waals surface area (Å²) in [7, 11) is 0. The minimum Gasteiger partial charge on any atom is -0.481 e. The van der Waals surface area contributed by atoms with Crippen LogP contribution in [0.25, 0.3) is 0 Å². The van der Waals surface area contributed by atoms with Gasteiger partial charge in [0.2, 0.25) is 0 Å². The highest BCUT2D eigenvalue weighted by molar-refractivity contribution is 5.84. The topological polar surface area (TPSA) is 91.7 Å². The fourth-order valence-electron chi connectivity index (χ4n) is 3.67. The number of ketones is 2. The summed E-state index contributed by atoms with van der Waals surface area (Å²) in [5, 5.41) is 19.0. The number of rotatable bonds is 12. The van der Waals surface area contributed by atoms with E-state index >= 15 is 0 Å². The predicted octanol–water partition coefficient (Wildman–Crippen LogP) is 3.37. The third-order valence-electron chi connectivity index (χ3n) is 5.14. The van der Waals surface area contributed by atoms with Gasteiger partial charge in [-0.3, -0.25) is 14.4 Å². The fraction of sp³-hybridized carbons (Fsp3) is 0.842. The molecule has 138 valence electrons. The molecule has 0 radical (unpaired) electrons. The number of carboxylic acid groups (broad SMARTS) is 1. The van der Waals surface area contributed by atoms with Gasteiger partial charge in [0.15, 0.2) is 0 Å². The molecule has 0 aromatic heterocycles. The molecule has 1 aliphatic rings. The molecule has 2 N–H and O–H groups in total. The van der Waals surface area contributed by atoms with Crippen molar-refractivity contribution in [3.63, 3.8) is 0 Å². The van der Waals surface area contributed by atoms with Crippen molar-refractivity contribution in [1.29, 1.82) is 0 Å². The lowest BCUT2D eigenvalue weighted by molar-refractivity contribution is -0.138. The molecule has 4 atom stereocenters. The van der Waals surface area contributed by atoms with Crippen LogP contribution in [0, 0.1) is 17.8 Å². The van der Waals surface area contributed by atoms with Gasteiger partial charge in [-0.1, -0.05) is 26.7 Å². The molecule has 0 spiro atoms. The number of carboxylic acids is 1. The first-order chi connectivity index (χ1) is 11.3. The van der Waals surface area contributed by atoms with Crippen LogP contribution < -0.4 is 0 Å². The van der Waals surface area contributed by atoms with Crippen LogP contribution in [-0.2, 0) is 14.4 Å². The molecule has 0 heterocycles. The monoisotopic (exact) mass is 340 g/mol. The van der Waals surface area contributed by atoms with Crippen molar-refractivity contribution in [3.05, 3.63) is 0 Å². The third-order valence-corrected chi connectivity index (χ3v) is 5.14. The minimum absolute atomic E-state index is 0.0179. The first kappa shape index (κ1) is 20.8. The Kier molecular flexibility index (Phi) is 9.19. The van der Waals surface area contributed by atoms with Gasteiger partial charge < -0.3 is 10.2 Å². The van der Waals surface area contributed by atoms with Crippen LogP contribution >= 0.6 is 0 Å². The molecule has 5 heteroatoms. The SMILES string of the molecule is CCCCCC(=O)CC[C@H]1[C@H](O)CC(=O)[C@H]1CCC(C)CC(=O)O. The average Bonchev–Trinajstić information content (AvgIpc) is 2.76. The molecule has 0 aromatic carbocycles. The van der Waals surface area contributed by atoms with Gasteiger partial charge in [0.25, 0.3) is 0 Å². The Morgan fingerprint density at radius 2 is 1.92 bits per heavy atom. The molecule has 1 fully saturated rings. The number of hydrogen-bond donors (Lipinski definition) is 2. The summed E-state index contributed by atoms with van der Waals surface area (Å²) < 4.78 is 0. The van der Waals surface area contributed by atoms with E-state index in [0.29, 0.717) is 32.1 Å². The number of carbonyl (C=O) groups is 3. The molecule has 1 unspecified atom stereocenters. The van der Waals surface area contributed by atoms with Crippen molar-refractivity contribution in [1.82, 2.24) is 0 Å². The van der Waals surface area contributed by atoms with E-state index in [1.807, 2.05) is 6.92 Å². The minimum atomic E-state index is -0.825. The van der Waals surface area contributed by atoms with E-state index in [0.717, 1.165) is 19.3 Å². The lowest BCUT2D eigenvalue weighted by atomic mass is 9.83. The second-order valence-electron chi connectivity index (χ2n) is 7.32. The molecule has 1 saturated carbocycles. The van der Waals surface area contributed by atoms with Crippen molar-refractivity contribution in [2.45, 2.75) is 84.2 Å². The van der Waals surface area contributed by atoms with E-state index in [2.05, 4.69) is 6.92 Å². The van der Waals surface area contributed by atoms with Gasteiger partial charge in [-0.05, 0) is 37.5 Å². The molecule has 24 heavy (non-hydrogen) atoms. The predicted molar refractivity (Wildman–Crippen MR) is 91.6 cm³/mol. The molecule has 1 aliphatic carbocycles. The molecule has 0 aromatic rings. The van der Waals surface area contributed by atoms with Crippen LogP contribution in [0.15, 0.2) is 0 Å². The van der Waals surface area contributed by atoms with E-state index in [9.17, 15) is 19.5 Å². The zero-order chi connectivity index (χ0) is 18.1. The Morgan fingerprint density at radius 1 is 1.21 bits per heavy atom. The normalized spacial score (nSPS) is 25.0. The molecule has 0 amide bonds. The third kappa shape index (κ3) is 7.12. The maximum absolute atomic E-state index is 12.1. The largest absolute Gasteiger partial charge is 0.481 e. The van der Waals surface area contributed by atoms with Crippen molar-refractivity contribution >= 4 is 17.5 Å². The summed E-state index contributed by atoms with van der Waals surface area (Å²) in [5.41, 5.74) is 0. The standard InChI is InChI=1S/C19H32O5/c1-3-4-5-6-14(20)8-10-16-15(17(21)12-18(16)22)9-7-13(2)11-19(23)24/h13,15-16,18,22H,3-12H2,1-2H3,(H,23,24)/t13?,15-,16+,18+/m0/s1. The Balaban J connectivity index is 2.45. The molecule has 0 bridgehead atoms. The maximum atomic E-state index is 12.1. The van der Waals surface area contributed by atoms with Crippen LogP contribution in [0.5, 0.6) is 0 Å². The highest BCUT2D eigenvalue weighted by Gasteiger charge is 2.40. The lowest BCUT2D eigenvalue weighted by Crippen LogP contribution is -2.22. The second kappa shape index (κ2) is 10.6. The van der Waals surface area contributed by atoms with E-state index in [4.69, 9.17) is 5.11 Å². The highest BCUT2D eigenvalue weighted by Crippen LogP contribution is 2.37. The van der Waals surface area contributed by atoms with Crippen LogP contribution in [-0.4, -0.2) is 33.9 Å². The van der Waals surface area contributed by atoms with E-state index in [1.165, 1.54) is 0 Å². The van der Waals surface area contributed by atoms with Crippen LogP contribution in [0.3, 0.4) is 0 Å². The zero-order valence-electron chi connectivity index (χ0n) is 15.0. The first-order valence-electron chi connectivity index (χ1n) is 9.29. The van der Waals surface area contributed by atoms with Crippen molar-refractivity contribution in [2.24, 2.45) is 17.8 Å². The Hall–Kier alpha value is -1.23. The summed E-state index contributed by atoms with van der Waals surface area (Å²) in [4.78, 5) is 34.8. The first-order valence-corrected chi connectivity index (χ1v) is 9.29. The molecule has 1 rings (SSSR count). The number of unbranched alkanes of at least 4 members (excludes halogenated alkanes) is 2. The van der Waals surface area contributed by atoms with Crippen molar-refractivity contribution in [2.75, 3.05) is 0 Å². The number of carbonyl (C=O) groups excluding carboxylic acids is 2. The summed E-state index contributed by atoms with van der Waals surface area (Å²) in [6, 6.07) is 0. The highest BCUT2D eigenvalue weighted by atomic mass is 16.4. The van der Waals surface area contributed by atoms with Gasteiger partial charge in [-0.15, -0.1) is 0 Å². The summed E-state index contributed by atoms with van der Waals surface area (Å²) in [6.45, 7) is 3.97. The van der Waals surface area contributed by atoms with E-state index in [1.54, 1.807) is 0 Å².